The summed E-state index contributed by atoms with van der Waals surface area (Å²) in [4.78, 5) is 24.2. The SMILES string of the molecule is Cn1c(NCc2ccc(Oc3ncc(Cl)cn3)cc2)nc2ccc(Nc3[nH]ncc3C(N)=O)cc21. The van der Waals surface area contributed by atoms with Crippen molar-refractivity contribution in [3.63, 3.8) is 0 Å². The maximum atomic E-state index is 11.5. The fraction of sp³-hybridized carbons (Fsp3) is 0.0870. The lowest BCUT2D eigenvalue weighted by atomic mass is 10.2. The third-order valence-corrected chi connectivity index (χ3v) is 5.43. The number of carbonyl (C=O) groups is 1. The maximum absolute atomic E-state index is 11.5. The number of aryl methyl sites for hydroxylation is 1. The number of nitrogens with one attached hydrogen (secondary N) is 3. The molecule has 1 amide bonds. The number of rotatable bonds is 8. The van der Waals surface area contributed by atoms with E-state index in [4.69, 9.17) is 22.1 Å². The lowest BCUT2D eigenvalue weighted by Gasteiger charge is -2.08. The zero-order chi connectivity index (χ0) is 24.4. The highest BCUT2D eigenvalue weighted by atomic mass is 35.5. The fourth-order valence-corrected chi connectivity index (χ4v) is 3.55. The number of nitrogens with zero attached hydrogens (tertiary/aromatic N) is 5. The minimum absolute atomic E-state index is 0.229. The van der Waals surface area contributed by atoms with Crippen LogP contribution in [0.15, 0.2) is 61.1 Å². The van der Waals surface area contributed by atoms with Gasteiger partial charge in [0.25, 0.3) is 5.91 Å². The predicted octanol–water partition coefficient (Wildman–Crippen LogP) is 3.99. The van der Waals surface area contributed by atoms with Gasteiger partial charge in [-0.3, -0.25) is 9.89 Å². The number of amides is 1. The van der Waals surface area contributed by atoms with Gasteiger partial charge in [-0.05, 0) is 35.9 Å². The molecule has 11 nitrogen and oxygen atoms in total. The molecule has 0 saturated heterocycles. The topological polar surface area (TPSA) is 149 Å². The zero-order valence-electron chi connectivity index (χ0n) is 18.5. The number of ether oxygens (including phenoxy) is 1. The number of primary amides is 1. The van der Waals surface area contributed by atoms with E-state index < -0.39 is 5.91 Å². The Kier molecular flexibility index (Phi) is 5.90. The van der Waals surface area contributed by atoms with E-state index in [0.29, 0.717) is 29.1 Å². The molecular formula is C23H20ClN9O2. The van der Waals surface area contributed by atoms with Crippen LogP contribution in [-0.4, -0.2) is 35.6 Å². The summed E-state index contributed by atoms with van der Waals surface area (Å²) in [6.45, 7) is 0.566. The van der Waals surface area contributed by atoms with E-state index in [0.717, 1.165) is 22.3 Å². The zero-order valence-corrected chi connectivity index (χ0v) is 19.2. The average Bonchev–Trinajstić information content (AvgIpc) is 3.45. The third-order valence-electron chi connectivity index (χ3n) is 5.23. The van der Waals surface area contributed by atoms with E-state index in [-0.39, 0.29) is 11.6 Å². The quantitative estimate of drug-likeness (QED) is 0.255. The van der Waals surface area contributed by atoms with Gasteiger partial charge in [0.15, 0.2) is 0 Å². The van der Waals surface area contributed by atoms with Gasteiger partial charge < -0.3 is 25.7 Å². The first kappa shape index (κ1) is 22.2. The van der Waals surface area contributed by atoms with Crippen molar-refractivity contribution in [2.24, 2.45) is 12.8 Å². The lowest BCUT2D eigenvalue weighted by Crippen LogP contribution is -2.12. The largest absolute Gasteiger partial charge is 0.424 e. The Balaban J connectivity index is 1.26. The monoisotopic (exact) mass is 489 g/mol. The summed E-state index contributed by atoms with van der Waals surface area (Å²) >= 11 is 5.79. The summed E-state index contributed by atoms with van der Waals surface area (Å²) in [6.07, 6.45) is 4.35. The standard InChI is InChI=1S/C23H20ClN9O2/c1-33-19-8-15(30-21-17(20(25)34)12-29-32-21)4-7-18(19)31-22(33)26-9-13-2-5-16(6-3-13)35-23-27-10-14(24)11-28-23/h2-8,10-12H,9H2,1H3,(H2,25,34)(H,26,31)(H2,29,30,32). The molecule has 0 bridgehead atoms. The van der Waals surface area contributed by atoms with Crippen LogP contribution in [0.1, 0.15) is 15.9 Å². The average molecular weight is 490 g/mol. The molecule has 3 heterocycles. The molecule has 5 N–H and O–H groups in total. The molecule has 0 unspecified atom stereocenters. The number of H-pyrrole nitrogens is 1. The number of benzene rings is 2. The van der Waals surface area contributed by atoms with Gasteiger partial charge >= 0.3 is 6.01 Å². The van der Waals surface area contributed by atoms with E-state index in [2.05, 4.69) is 35.8 Å². The number of aromatic nitrogens is 6. The Morgan fingerprint density at radius 3 is 2.66 bits per heavy atom. The number of carbonyl (C=O) groups excluding carboxylic acids is 1. The summed E-state index contributed by atoms with van der Waals surface area (Å²) in [5.41, 5.74) is 9.21. The molecule has 0 aliphatic heterocycles. The van der Waals surface area contributed by atoms with E-state index >= 15 is 0 Å². The highest BCUT2D eigenvalue weighted by Gasteiger charge is 2.13. The summed E-state index contributed by atoms with van der Waals surface area (Å²) in [6, 6.07) is 13.5. The molecule has 176 valence electrons. The number of nitrogens with two attached hydrogens (primary N) is 1. The smallest absolute Gasteiger partial charge is 0.321 e. The van der Waals surface area contributed by atoms with Crippen LogP contribution >= 0.6 is 11.6 Å². The van der Waals surface area contributed by atoms with Crippen LogP contribution in [0.4, 0.5) is 17.5 Å². The van der Waals surface area contributed by atoms with Crippen LogP contribution in [0.5, 0.6) is 11.8 Å². The predicted molar refractivity (Wildman–Crippen MR) is 132 cm³/mol. The minimum Gasteiger partial charge on any atom is -0.424 e. The number of halogens is 1. The van der Waals surface area contributed by atoms with Crippen LogP contribution in [-0.2, 0) is 13.6 Å². The van der Waals surface area contributed by atoms with Crippen molar-refractivity contribution in [2.75, 3.05) is 10.6 Å². The molecule has 2 aromatic carbocycles. The van der Waals surface area contributed by atoms with E-state index in [9.17, 15) is 4.79 Å². The second-order valence-electron chi connectivity index (χ2n) is 7.63. The van der Waals surface area contributed by atoms with Gasteiger partial charge in [0, 0.05) is 19.3 Å². The molecule has 0 fully saturated rings. The molecular weight excluding hydrogens is 470 g/mol. The van der Waals surface area contributed by atoms with E-state index in [1.54, 1.807) is 0 Å². The van der Waals surface area contributed by atoms with Gasteiger partial charge in [-0.1, -0.05) is 23.7 Å². The molecule has 0 aliphatic carbocycles. The van der Waals surface area contributed by atoms with Gasteiger partial charge in [0.2, 0.25) is 5.95 Å². The third kappa shape index (κ3) is 4.84. The molecule has 0 spiro atoms. The Morgan fingerprint density at radius 1 is 1.14 bits per heavy atom. The minimum atomic E-state index is -0.563. The van der Waals surface area contributed by atoms with Crippen molar-refractivity contribution >= 4 is 46.0 Å². The molecule has 0 atom stereocenters. The normalized spacial score (nSPS) is 10.9. The molecule has 5 rings (SSSR count). The maximum Gasteiger partial charge on any atom is 0.321 e. The van der Waals surface area contributed by atoms with Crippen LogP contribution in [0.2, 0.25) is 5.02 Å². The second kappa shape index (κ2) is 9.31. The summed E-state index contributed by atoms with van der Waals surface area (Å²) in [5, 5.41) is 13.6. The molecule has 0 saturated carbocycles. The number of anilines is 3. The number of fused-ring (bicyclic) bond motifs is 1. The molecule has 35 heavy (non-hydrogen) atoms. The molecule has 5 aromatic rings. The molecule has 3 aromatic heterocycles. The summed E-state index contributed by atoms with van der Waals surface area (Å²) in [5.74, 6) is 1.21. The first-order chi connectivity index (χ1) is 17.0. The van der Waals surface area contributed by atoms with Crippen molar-refractivity contribution in [2.45, 2.75) is 6.54 Å². The lowest BCUT2D eigenvalue weighted by molar-refractivity contribution is 0.100. The molecule has 0 aliphatic rings. The number of aromatic amines is 1. The highest BCUT2D eigenvalue weighted by molar-refractivity contribution is 6.30. The van der Waals surface area contributed by atoms with E-state index in [1.165, 1.54) is 18.6 Å². The fourth-order valence-electron chi connectivity index (χ4n) is 3.45. The first-order valence-corrected chi connectivity index (χ1v) is 10.9. The van der Waals surface area contributed by atoms with E-state index in [1.807, 2.05) is 54.1 Å². The number of imidazole rings is 1. The van der Waals surface area contributed by atoms with Gasteiger partial charge in [-0.15, -0.1) is 0 Å². The number of hydrogen-bond donors (Lipinski definition) is 4. The Bertz CT molecular complexity index is 1490. The van der Waals surface area contributed by atoms with Crippen LogP contribution in [0.25, 0.3) is 11.0 Å². The van der Waals surface area contributed by atoms with Crippen LogP contribution < -0.4 is 21.1 Å². The van der Waals surface area contributed by atoms with Crippen molar-refractivity contribution in [1.82, 2.24) is 29.7 Å². The molecule has 12 heteroatoms. The van der Waals surface area contributed by atoms with Gasteiger partial charge in [-0.25, -0.2) is 15.0 Å². The van der Waals surface area contributed by atoms with Crippen molar-refractivity contribution in [3.8, 4) is 11.8 Å². The molecule has 0 radical (unpaired) electrons. The van der Waals surface area contributed by atoms with Gasteiger partial charge in [0.1, 0.15) is 17.1 Å². The van der Waals surface area contributed by atoms with Crippen molar-refractivity contribution < 1.29 is 9.53 Å². The Morgan fingerprint density at radius 2 is 1.91 bits per heavy atom. The Labute approximate surface area is 204 Å². The van der Waals surface area contributed by atoms with Crippen molar-refractivity contribution in [3.05, 3.63) is 77.2 Å². The van der Waals surface area contributed by atoms with Crippen LogP contribution in [0.3, 0.4) is 0 Å². The summed E-state index contributed by atoms with van der Waals surface area (Å²) < 4.78 is 7.58. The first-order valence-electron chi connectivity index (χ1n) is 10.5. The highest BCUT2D eigenvalue weighted by Crippen LogP contribution is 2.25. The number of hydrogen-bond acceptors (Lipinski definition) is 8. The Hall–Kier alpha value is -4.64. The van der Waals surface area contributed by atoms with Gasteiger partial charge in [-0.2, -0.15) is 5.10 Å². The van der Waals surface area contributed by atoms with Crippen LogP contribution in [0, 0.1) is 0 Å². The second-order valence-corrected chi connectivity index (χ2v) is 8.07. The van der Waals surface area contributed by atoms with Crippen molar-refractivity contribution in [1.29, 1.82) is 0 Å². The summed E-state index contributed by atoms with van der Waals surface area (Å²) in [7, 11) is 1.93. The van der Waals surface area contributed by atoms with Gasteiger partial charge in [0.05, 0.1) is 34.6 Å².